The van der Waals surface area contributed by atoms with Crippen LogP contribution in [0.4, 0.5) is 10.5 Å². The summed E-state index contributed by atoms with van der Waals surface area (Å²) < 4.78 is 0. The Hall–Kier alpha value is -1.85. The summed E-state index contributed by atoms with van der Waals surface area (Å²) in [5, 5.41) is 7.86. The average Bonchev–Trinajstić information content (AvgIpc) is 3.15. The highest BCUT2D eigenvalue weighted by molar-refractivity contribution is 7.09. The largest absolute Gasteiger partial charge is 0.338 e. The van der Waals surface area contributed by atoms with E-state index in [0.29, 0.717) is 6.54 Å². The number of carbonyl (C=O) groups excluding carboxylic acids is 1. The maximum absolute atomic E-state index is 11.9. The SMILES string of the molecule is O=C(NCCc1cccs1)Nc1ccc(CCN2CCCCC2)cc1. The molecule has 1 aromatic heterocycles. The molecule has 5 heteroatoms. The van der Waals surface area contributed by atoms with Crippen LogP contribution in [0.3, 0.4) is 0 Å². The molecule has 0 unspecified atom stereocenters. The van der Waals surface area contributed by atoms with E-state index in [1.54, 1.807) is 11.3 Å². The fraction of sp³-hybridized carbons (Fsp3) is 0.450. The lowest BCUT2D eigenvalue weighted by Gasteiger charge is -2.26. The fourth-order valence-electron chi connectivity index (χ4n) is 3.15. The van der Waals surface area contributed by atoms with Gasteiger partial charge in [-0.15, -0.1) is 11.3 Å². The van der Waals surface area contributed by atoms with Crippen molar-refractivity contribution in [3.8, 4) is 0 Å². The van der Waals surface area contributed by atoms with Crippen LogP contribution in [0.15, 0.2) is 41.8 Å². The van der Waals surface area contributed by atoms with E-state index in [1.165, 1.54) is 42.8 Å². The molecular weight excluding hydrogens is 330 g/mol. The zero-order chi connectivity index (χ0) is 17.3. The zero-order valence-corrected chi connectivity index (χ0v) is 15.5. The van der Waals surface area contributed by atoms with Gasteiger partial charge in [-0.05, 0) is 67.9 Å². The van der Waals surface area contributed by atoms with Crippen molar-refractivity contribution in [2.45, 2.75) is 32.1 Å². The fourth-order valence-corrected chi connectivity index (χ4v) is 3.86. The number of nitrogens with zero attached hydrogens (tertiary/aromatic N) is 1. The molecule has 2 amide bonds. The molecule has 0 bridgehead atoms. The summed E-state index contributed by atoms with van der Waals surface area (Å²) in [4.78, 5) is 15.8. The van der Waals surface area contributed by atoms with E-state index in [2.05, 4.69) is 39.1 Å². The van der Waals surface area contributed by atoms with Crippen molar-refractivity contribution in [3.05, 3.63) is 52.2 Å². The number of urea groups is 1. The van der Waals surface area contributed by atoms with Gasteiger partial charge in [0.25, 0.3) is 0 Å². The van der Waals surface area contributed by atoms with Crippen LogP contribution in [0.2, 0.25) is 0 Å². The molecule has 0 spiro atoms. The van der Waals surface area contributed by atoms with E-state index in [-0.39, 0.29) is 6.03 Å². The first-order valence-electron chi connectivity index (χ1n) is 9.18. The maximum Gasteiger partial charge on any atom is 0.319 e. The van der Waals surface area contributed by atoms with Crippen molar-refractivity contribution in [3.63, 3.8) is 0 Å². The molecule has 0 saturated carbocycles. The second-order valence-corrected chi connectivity index (χ2v) is 7.59. The summed E-state index contributed by atoms with van der Waals surface area (Å²) in [6, 6.07) is 12.2. The topological polar surface area (TPSA) is 44.4 Å². The Kier molecular flexibility index (Phi) is 6.89. The third-order valence-corrected chi connectivity index (χ3v) is 5.55. The molecule has 4 nitrogen and oxygen atoms in total. The molecule has 3 rings (SSSR count). The van der Waals surface area contributed by atoms with E-state index in [0.717, 1.165) is 25.1 Å². The summed E-state index contributed by atoms with van der Waals surface area (Å²) in [6.07, 6.45) is 6.01. The number of benzene rings is 1. The van der Waals surface area contributed by atoms with Gasteiger partial charge in [-0.2, -0.15) is 0 Å². The summed E-state index contributed by atoms with van der Waals surface area (Å²) in [5.74, 6) is 0. The van der Waals surface area contributed by atoms with Crippen molar-refractivity contribution in [1.82, 2.24) is 10.2 Å². The summed E-state index contributed by atoms with van der Waals surface area (Å²) in [5.41, 5.74) is 2.17. The van der Waals surface area contributed by atoms with E-state index < -0.39 is 0 Å². The third-order valence-electron chi connectivity index (χ3n) is 4.61. The van der Waals surface area contributed by atoms with Crippen LogP contribution < -0.4 is 10.6 Å². The minimum absolute atomic E-state index is 0.141. The smallest absolute Gasteiger partial charge is 0.319 e. The van der Waals surface area contributed by atoms with Crippen LogP contribution in [-0.2, 0) is 12.8 Å². The molecule has 25 heavy (non-hydrogen) atoms. The number of rotatable bonds is 7. The Morgan fingerprint density at radius 3 is 2.56 bits per heavy atom. The van der Waals surface area contributed by atoms with Gasteiger partial charge in [0.05, 0.1) is 0 Å². The lowest BCUT2D eigenvalue weighted by Crippen LogP contribution is -2.31. The van der Waals surface area contributed by atoms with Gasteiger partial charge in [0.2, 0.25) is 0 Å². The quantitative estimate of drug-likeness (QED) is 0.782. The summed E-state index contributed by atoms with van der Waals surface area (Å²) >= 11 is 1.72. The molecule has 1 saturated heterocycles. The first kappa shape index (κ1) is 18.0. The van der Waals surface area contributed by atoms with E-state index in [9.17, 15) is 4.79 Å². The number of piperidine rings is 1. The normalized spacial score (nSPS) is 15.0. The van der Waals surface area contributed by atoms with Crippen molar-refractivity contribution >= 4 is 23.1 Å². The van der Waals surface area contributed by atoms with Gasteiger partial charge in [-0.3, -0.25) is 0 Å². The molecule has 2 N–H and O–H groups in total. The summed E-state index contributed by atoms with van der Waals surface area (Å²) in [6.45, 7) is 4.27. The molecule has 0 atom stereocenters. The Labute approximate surface area is 154 Å². The lowest BCUT2D eigenvalue weighted by molar-refractivity contribution is 0.231. The Balaban J connectivity index is 1.37. The highest BCUT2D eigenvalue weighted by Crippen LogP contribution is 2.13. The first-order chi connectivity index (χ1) is 12.3. The van der Waals surface area contributed by atoms with Crippen LogP contribution in [0.1, 0.15) is 29.7 Å². The number of amides is 2. The monoisotopic (exact) mass is 357 g/mol. The van der Waals surface area contributed by atoms with Gasteiger partial charge in [-0.25, -0.2) is 4.79 Å². The van der Waals surface area contributed by atoms with Gasteiger partial charge < -0.3 is 15.5 Å². The Morgan fingerprint density at radius 1 is 1.04 bits per heavy atom. The van der Waals surface area contributed by atoms with Gasteiger partial charge in [0.15, 0.2) is 0 Å². The highest BCUT2D eigenvalue weighted by Gasteiger charge is 2.09. The maximum atomic E-state index is 11.9. The van der Waals surface area contributed by atoms with Crippen molar-refractivity contribution in [2.75, 3.05) is 31.5 Å². The van der Waals surface area contributed by atoms with Crippen LogP contribution in [-0.4, -0.2) is 37.1 Å². The van der Waals surface area contributed by atoms with Crippen molar-refractivity contribution in [1.29, 1.82) is 0 Å². The molecule has 0 aliphatic carbocycles. The average molecular weight is 358 g/mol. The van der Waals surface area contributed by atoms with Gasteiger partial charge in [-0.1, -0.05) is 24.6 Å². The zero-order valence-electron chi connectivity index (χ0n) is 14.7. The molecule has 1 aliphatic heterocycles. The van der Waals surface area contributed by atoms with E-state index in [1.807, 2.05) is 18.2 Å². The number of likely N-dealkylation sites (tertiary alicyclic amines) is 1. The van der Waals surface area contributed by atoms with Crippen LogP contribution in [0.5, 0.6) is 0 Å². The molecule has 134 valence electrons. The molecule has 0 radical (unpaired) electrons. The number of anilines is 1. The predicted molar refractivity (Wildman–Crippen MR) is 105 cm³/mol. The number of nitrogens with one attached hydrogen (secondary N) is 2. The molecule has 2 aromatic rings. The van der Waals surface area contributed by atoms with Crippen LogP contribution in [0.25, 0.3) is 0 Å². The number of carbonyl (C=O) groups is 1. The number of hydrogen-bond donors (Lipinski definition) is 2. The standard InChI is InChI=1S/C20H27N3OS/c24-20(21-12-10-19-5-4-16-25-19)22-18-8-6-17(7-9-18)11-15-23-13-2-1-3-14-23/h4-9,16H,1-3,10-15H2,(H2,21,22,24). The van der Waals surface area contributed by atoms with Crippen molar-refractivity contribution in [2.24, 2.45) is 0 Å². The van der Waals surface area contributed by atoms with Gasteiger partial charge in [0, 0.05) is 23.7 Å². The van der Waals surface area contributed by atoms with E-state index in [4.69, 9.17) is 0 Å². The second-order valence-electron chi connectivity index (χ2n) is 6.56. The predicted octanol–water partition coefficient (Wildman–Crippen LogP) is 4.14. The van der Waals surface area contributed by atoms with E-state index >= 15 is 0 Å². The number of hydrogen-bond acceptors (Lipinski definition) is 3. The Morgan fingerprint density at radius 2 is 1.84 bits per heavy atom. The third kappa shape index (κ3) is 6.18. The highest BCUT2D eigenvalue weighted by atomic mass is 32.1. The van der Waals surface area contributed by atoms with Gasteiger partial charge >= 0.3 is 6.03 Å². The van der Waals surface area contributed by atoms with Crippen molar-refractivity contribution < 1.29 is 4.79 Å². The molecule has 1 aromatic carbocycles. The van der Waals surface area contributed by atoms with Gasteiger partial charge in [0.1, 0.15) is 0 Å². The Bertz CT molecular complexity index is 633. The second kappa shape index (κ2) is 9.59. The minimum Gasteiger partial charge on any atom is -0.338 e. The van der Waals surface area contributed by atoms with Crippen LogP contribution >= 0.6 is 11.3 Å². The first-order valence-corrected chi connectivity index (χ1v) is 10.1. The molecule has 1 fully saturated rings. The molecule has 2 heterocycles. The number of thiophene rings is 1. The van der Waals surface area contributed by atoms with Crippen LogP contribution in [0, 0.1) is 0 Å². The molecular formula is C20H27N3OS. The summed E-state index contributed by atoms with van der Waals surface area (Å²) in [7, 11) is 0. The lowest BCUT2D eigenvalue weighted by atomic mass is 10.1. The minimum atomic E-state index is -0.141. The molecule has 1 aliphatic rings.